The van der Waals surface area contributed by atoms with Crippen LogP contribution in [0, 0.1) is 32.1 Å². The normalized spacial score (nSPS) is 11.9. The molecule has 0 fully saturated rings. The van der Waals surface area contributed by atoms with Gasteiger partial charge in [-0.3, -0.25) is 0 Å². The SMILES string of the molecule is CCC(Oc1c(C)cc(C#N)cc1C)c1csc(C)n1. The van der Waals surface area contributed by atoms with E-state index >= 15 is 0 Å². The highest BCUT2D eigenvalue weighted by Crippen LogP contribution is 2.31. The van der Waals surface area contributed by atoms with E-state index in [-0.39, 0.29) is 6.10 Å². The monoisotopic (exact) mass is 286 g/mol. The Balaban J connectivity index is 2.31. The highest BCUT2D eigenvalue weighted by molar-refractivity contribution is 7.09. The van der Waals surface area contributed by atoms with Crippen molar-refractivity contribution in [1.29, 1.82) is 5.26 Å². The van der Waals surface area contributed by atoms with Crippen LogP contribution < -0.4 is 4.74 Å². The zero-order chi connectivity index (χ0) is 14.7. The van der Waals surface area contributed by atoms with E-state index < -0.39 is 0 Å². The molecule has 4 heteroatoms. The minimum absolute atomic E-state index is 0.0368. The van der Waals surface area contributed by atoms with Gasteiger partial charge < -0.3 is 4.74 Å². The van der Waals surface area contributed by atoms with Crippen LogP contribution in [0.5, 0.6) is 5.75 Å². The van der Waals surface area contributed by atoms with E-state index in [9.17, 15) is 0 Å². The first-order valence-corrected chi connectivity index (χ1v) is 7.53. The zero-order valence-electron chi connectivity index (χ0n) is 12.2. The number of hydrogen-bond donors (Lipinski definition) is 0. The number of ether oxygens (including phenoxy) is 1. The van der Waals surface area contributed by atoms with E-state index in [0.29, 0.717) is 5.56 Å². The predicted molar refractivity (Wildman–Crippen MR) is 81.1 cm³/mol. The predicted octanol–water partition coefficient (Wildman–Crippen LogP) is 4.47. The molecular formula is C16H18N2OS. The molecule has 1 heterocycles. The fourth-order valence-corrected chi connectivity index (χ4v) is 2.88. The molecule has 2 aromatic rings. The largest absolute Gasteiger partial charge is 0.484 e. The van der Waals surface area contributed by atoms with Gasteiger partial charge in [0.15, 0.2) is 0 Å². The summed E-state index contributed by atoms with van der Waals surface area (Å²) in [6.07, 6.45) is 0.826. The summed E-state index contributed by atoms with van der Waals surface area (Å²) in [5.41, 5.74) is 3.64. The Morgan fingerprint density at radius 1 is 1.30 bits per heavy atom. The lowest BCUT2D eigenvalue weighted by Gasteiger charge is -2.19. The van der Waals surface area contributed by atoms with Crippen LogP contribution >= 0.6 is 11.3 Å². The van der Waals surface area contributed by atoms with Crippen LogP contribution in [-0.4, -0.2) is 4.98 Å². The molecule has 0 amide bonds. The van der Waals surface area contributed by atoms with E-state index in [1.165, 1.54) is 0 Å². The van der Waals surface area contributed by atoms with Crippen molar-refractivity contribution in [2.45, 2.75) is 40.2 Å². The maximum atomic E-state index is 8.99. The van der Waals surface area contributed by atoms with Gasteiger partial charge in [-0.15, -0.1) is 11.3 Å². The minimum Gasteiger partial charge on any atom is -0.484 e. The molecule has 0 saturated heterocycles. The maximum Gasteiger partial charge on any atom is 0.141 e. The van der Waals surface area contributed by atoms with Crippen LogP contribution in [0.3, 0.4) is 0 Å². The summed E-state index contributed by atoms with van der Waals surface area (Å²) in [6, 6.07) is 5.90. The molecule has 104 valence electrons. The summed E-state index contributed by atoms with van der Waals surface area (Å²) in [6.45, 7) is 8.04. The summed E-state index contributed by atoms with van der Waals surface area (Å²) in [4.78, 5) is 4.51. The Morgan fingerprint density at radius 3 is 2.40 bits per heavy atom. The summed E-state index contributed by atoms with van der Waals surface area (Å²) >= 11 is 1.64. The molecule has 0 N–H and O–H groups in total. The number of benzene rings is 1. The lowest BCUT2D eigenvalue weighted by Crippen LogP contribution is -2.09. The number of nitriles is 1. The molecular weight excluding hydrogens is 268 g/mol. The van der Waals surface area contributed by atoms with Crippen molar-refractivity contribution in [2.24, 2.45) is 0 Å². The van der Waals surface area contributed by atoms with Crippen LogP contribution in [0.1, 0.15) is 46.8 Å². The van der Waals surface area contributed by atoms with Gasteiger partial charge >= 0.3 is 0 Å². The molecule has 0 saturated carbocycles. The fraction of sp³-hybridized carbons (Fsp3) is 0.375. The van der Waals surface area contributed by atoms with Gasteiger partial charge in [0.25, 0.3) is 0 Å². The standard InChI is InChI=1S/C16H18N2OS/c1-5-15(14-9-20-12(4)18-14)19-16-10(2)6-13(8-17)7-11(16)3/h6-7,9,15H,5H2,1-4H3. The van der Waals surface area contributed by atoms with Crippen molar-refractivity contribution in [3.8, 4) is 11.8 Å². The fourth-order valence-electron chi connectivity index (χ4n) is 2.22. The van der Waals surface area contributed by atoms with Crippen molar-refractivity contribution >= 4 is 11.3 Å². The molecule has 0 aliphatic rings. The third-order valence-electron chi connectivity index (χ3n) is 3.19. The molecule has 20 heavy (non-hydrogen) atoms. The number of rotatable bonds is 4. The summed E-state index contributed by atoms with van der Waals surface area (Å²) in [5.74, 6) is 0.863. The molecule has 0 aliphatic carbocycles. The lowest BCUT2D eigenvalue weighted by molar-refractivity contribution is 0.194. The topological polar surface area (TPSA) is 45.9 Å². The number of nitrogens with zero attached hydrogens (tertiary/aromatic N) is 2. The van der Waals surface area contributed by atoms with E-state index in [4.69, 9.17) is 10.00 Å². The van der Waals surface area contributed by atoms with Gasteiger partial charge in [0.1, 0.15) is 11.9 Å². The van der Waals surface area contributed by atoms with Crippen molar-refractivity contribution in [3.63, 3.8) is 0 Å². The average Bonchev–Trinajstić information content (AvgIpc) is 2.84. The third-order valence-corrected chi connectivity index (χ3v) is 3.98. The molecule has 2 rings (SSSR count). The van der Waals surface area contributed by atoms with Crippen LogP contribution in [0.15, 0.2) is 17.5 Å². The first-order valence-electron chi connectivity index (χ1n) is 6.65. The lowest BCUT2D eigenvalue weighted by atomic mass is 10.1. The molecule has 1 atom stereocenters. The second kappa shape index (κ2) is 6.06. The molecule has 1 unspecified atom stereocenters. The Morgan fingerprint density at radius 2 is 1.95 bits per heavy atom. The Labute approximate surface area is 123 Å². The van der Waals surface area contributed by atoms with Gasteiger partial charge in [0, 0.05) is 5.38 Å². The van der Waals surface area contributed by atoms with E-state index in [1.807, 2.05) is 32.9 Å². The van der Waals surface area contributed by atoms with Gasteiger partial charge in [-0.1, -0.05) is 6.92 Å². The Bertz CT molecular complexity index is 632. The van der Waals surface area contributed by atoms with Gasteiger partial charge in [-0.2, -0.15) is 5.26 Å². The highest BCUT2D eigenvalue weighted by atomic mass is 32.1. The number of thiazole rings is 1. The van der Waals surface area contributed by atoms with Gasteiger partial charge in [0.2, 0.25) is 0 Å². The Hall–Kier alpha value is -1.86. The van der Waals surface area contributed by atoms with E-state index in [0.717, 1.165) is 34.0 Å². The first kappa shape index (κ1) is 14.5. The molecule has 0 radical (unpaired) electrons. The van der Waals surface area contributed by atoms with Gasteiger partial charge in [-0.05, 0) is 50.5 Å². The molecule has 0 spiro atoms. The van der Waals surface area contributed by atoms with E-state index in [1.54, 1.807) is 11.3 Å². The maximum absolute atomic E-state index is 8.99. The van der Waals surface area contributed by atoms with Gasteiger partial charge in [-0.25, -0.2) is 4.98 Å². The third kappa shape index (κ3) is 3.00. The Kier molecular flexibility index (Phi) is 4.41. The van der Waals surface area contributed by atoms with Crippen LogP contribution in [0.2, 0.25) is 0 Å². The number of hydrogen-bond acceptors (Lipinski definition) is 4. The van der Waals surface area contributed by atoms with Crippen LogP contribution in [-0.2, 0) is 0 Å². The van der Waals surface area contributed by atoms with Crippen molar-refractivity contribution in [2.75, 3.05) is 0 Å². The van der Waals surface area contributed by atoms with Crippen molar-refractivity contribution < 1.29 is 4.74 Å². The van der Waals surface area contributed by atoms with Crippen molar-refractivity contribution in [1.82, 2.24) is 4.98 Å². The second-order valence-corrected chi connectivity index (χ2v) is 5.92. The number of aromatic nitrogens is 1. The second-order valence-electron chi connectivity index (χ2n) is 4.86. The minimum atomic E-state index is -0.0368. The first-order chi connectivity index (χ1) is 9.55. The molecule has 3 nitrogen and oxygen atoms in total. The molecule has 0 bridgehead atoms. The summed E-state index contributed by atoms with van der Waals surface area (Å²) < 4.78 is 6.16. The van der Waals surface area contributed by atoms with Crippen molar-refractivity contribution in [3.05, 3.63) is 44.9 Å². The summed E-state index contributed by atoms with van der Waals surface area (Å²) in [7, 11) is 0. The molecule has 1 aromatic heterocycles. The van der Waals surface area contributed by atoms with Gasteiger partial charge in [0.05, 0.1) is 22.3 Å². The van der Waals surface area contributed by atoms with Crippen LogP contribution in [0.4, 0.5) is 0 Å². The molecule has 1 aromatic carbocycles. The molecule has 0 aliphatic heterocycles. The quantitative estimate of drug-likeness (QED) is 0.833. The average molecular weight is 286 g/mol. The smallest absolute Gasteiger partial charge is 0.141 e. The number of aryl methyl sites for hydroxylation is 3. The van der Waals surface area contributed by atoms with E-state index in [2.05, 4.69) is 23.4 Å². The summed E-state index contributed by atoms with van der Waals surface area (Å²) in [5, 5.41) is 12.1. The zero-order valence-corrected chi connectivity index (χ0v) is 13.0. The van der Waals surface area contributed by atoms with Crippen LogP contribution in [0.25, 0.3) is 0 Å². The highest BCUT2D eigenvalue weighted by Gasteiger charge is 2.17.